The third kappa shape index (κ3) is 5.82. The number of nitrogens with one attached hydrogen (secondary N) is 2. The molecule has 1 aromatic heterocycles. The lowest BCUT2D eigenvalue weighted by Gasteiger charge is -2.12. The fourth-order valence-electron chi connectivity index (χ4n) is 3.07. The monoisotopic (exact) mass is 441 g/mol. The van der Waals surface area contributed by atoms with Gasteiger partial charge in [0.2, 0.25) is 5.95 Å². The summed E-state index contributed by atoms with van der Waals surface area (Å²) >= 11 is 0. The summed E-state index contributed by atoms with van der Waals surface area (Å²) in [5, 5.41) is 12.1. The number of anilines is 1. The minimum Gasteiger partial charge on any atom is -0.490 e. The highest BCUT2D eigenvalue weighted by molar-refractivity contribution is 5.81. The number of aromatic nitrogens is 3. The van der Waals surface area contributed by atoms with Crippen molar-refractivity contribution in [3.8, 4) is 22.8 Å². The van der Waals surface area contributed by atoms with E-state index < -0.39 is 0 Å². The lowest BCUT2D eigenvalue weighted by molar-refractivity contribution is 0.269. The first-order chi connectivity index (χ1) is 16.2. The fourth-order valence-corrected chi connectivity index (χ4v) is 3.07. The predicted molar refractivity (Wildman–Crippen MR) is 128 cm³/mol. The van der Waals surface area contributed by atoms with Crippen molar-refractivity contribution in [3.05, 3.63) is 100 Å². The van der Waals surface area contributed by atoms with E-state index in [-0.39, 0.29) is 17.2 Å². The minimum absolute atomic E-state index is 0.142. The second-order valence-corrected chi connectivity index (χ2v) is 7.00. The molecular weight excluding hydrogens is 418 g/mol. The van der Waals surface area contributed by atoms with Crippen molar-refractivity contribution in [1.82, 2.24) is 15.2 Å². The average Bonchev–Trinajstić information content (AvgIpc) is 2.85. The molecule has 0 atom stereocenters. The van der Waals surface area contributed by atoms with Crippen molar-refractivity contribution in [2.75, 3.05) is 12.0 Å². The molecule has 0 bridgehead atoms. The number of hydrogen-bond acceptors (Lipinski definition) is 7. The molecule has 8 heteroatoms. The normalized spacial score (nSPS) is 10.8. The van der Waals surface area contributed by atoms with Gasteiger partial charge in [0.05, 0.1) is 12.8 Å². The first kappa shape index (κ1) is 21.8. The molecule has 0 aliphatic rings. The van der Waals surface area contributed by atoms with Gasteiger partial charge in [-0.2, -0.15) is 5.10 Å². The van der Waals surface area contributed by atoms with Gasteiger partial charge in [-0.05, 0) is 36.2 Å². The number of benzene rings is 3. The van der Waals surface area contributed by atoms with Crippen molar-refractivity contribution < 1.29 is 9.47 Å². The Kier molecular flexibility index (Phi) is 7.07. The molecule has 0 unspecified atom stereocenters. The molecule has 0 spiro atoms. The molecule has 1 heterocycles. The number of rotatable bonds is 9. The van der Waals surface area contributed by atoms with E-state index in [1.165, 1.54) is 0 Å². The number of ether oxygens (including phenoxy) is 2. The van der Waals surface area contributed by atoms with Crippen LogP contribution < -0.4 is 20.5 Å². The molecular formula is C25H23N5O3. The van der Waals surface area contributed by atoms with Gasteiger partial charge in [-0.3, -0.25) is 9.78 Å². The Labute approximate surface area is 190 Å². The molecule has 0 radical (unpaired) electrons. The second kappa shape index (κ2) is 10.7. The highest BCUT2D eigenvalue weighted by atomic mass is 16.5. The third-order valence-electron chi connectivity index (χ3n) is 4.63. The van der Waals surface area contributed by atoms with Gasteiger partial charge in [0.15, 0.2) is 17.2 Å². The van der Waals surface area contributed by atoms with E-state index in [0.717, 1.165) is 11.1 Å². The molecule has 8 nitrogen and oxygen atoms in total. The van der Waals surface area contributed by atoms with Gasteiger partial charge in [0.25, 0.3) is 5.56 Å². The number of H-pyrrole nitrogens is 1. The van der Waals surface area contributed by atoms with Crippen molar-refractivity contribution in [2.24, 2.45) is 5.10 Å². The van der Waals surface area contributed by atoms with Crippen LogP contribution in [0.25, 0.3) is 11.3 Å². The molecule has 2 N–H and O–H groups in total. The van der Waals surface area contributed by atoms with Gasteiger partial charge < -0.3 is 9.47 Å². The highest BCUT2D eigenvalue weighted by Crippen LogP contribution is 2.29. The number of aromatic amines is 1. The van der Waals surface area contributed by atoms with Crippen LogP contribution in [0.15, 0.2) is 88.8 Å². The molecule has 0 aliphatic heterocycles. The number of nitrogens with zero attached hydrogens (tertiary/aromatic N) is 3. The Morgan fingerprint density at radius 3 is 2.42 bits per heavy atom. The summed E-state index contributed by atoms with van der Waals surface area (Å²) in [5.41, 5.74) is 5.14. The standard InChI is InChI=1S/C25H23N5O3/c1-2-32-22-15-19(13-14-21(22)33-17-18-9-5-3-6-10-18)16-26-29-25-27-24(31)23(28-30-25)20-11-7-4-8-12-20/h3-16H,2,17H2,1H3,(H2,27,29,30,31)/b26-16+. The molecule has 3 aromatic carbocycles. The van der Waals surface area contributed by atoms with Crippen LogP contribution in [0.3, 0.4) is 0 Å². The molecule has 166 valence electrons. The zero-order valence-corrected chi connectivity index (χ0v) is 18.1. The van der Waals surface area contributed by atoms with E-state index in [2.05, 4.69) is 25.7 Å². The van der Waals surface area contributed by atoms with Crippen LogP contribution in [-0.2, 0) is 6.61 Å². The first-order valence-electron chi connectivity index (χ1n) is 10.5. The van der Waals surface area contributed by atoms with Crippen molar-refractivity contribution in [3.63, 3.8) is 0 Å². The van der Waals surface area contributed by atoms with Gasteiger partial charge in [0, 0.05) is 5.56 Å². The maximum absolute atomic E-state index is 12.3. The van der Waals surface area contributed by atoms with Crippen LogP contribution in [-0.4, -0.2) is 28.0 Å². The second-order valence-electron chi connectivity index (χ2n) is 7.00. The maximum Gasteiger partial charge on any atom is 0.279 e. The summed E-state index contributed by atoms with van der Waals surface area (Å²) in [6, 6.07) is 24.6. The van der Waals surface area contributed by atoms with Crippen LogP contribution in [0, 0.1) is 0 Å². The first-order valence-corrected chi connectivity index (χ1v) is 10.5. The molecule has 33 heavy (non-hydrogen) atoms. The fraction of sp³-hybridized carbons (Fsp3) is 0.120. The molecule has 4 rings (SSSR count). The van der Waals surface area contributed by atoms with Gasteiger partial charge in [-0.15, -0.1) is 10.2 Å². The topological polar surface area (TPSA) is 101 Å². The Balaban J connectivity index is 1.43. The lowest BCUT2D eigenvalue weighted by Crippen LogP contribution is -2.15. The highest BCUT2D eigenvalue weighted by Gasteiger charge is 2.08. The SMILES string of the molecule is CCOc1cc(/C=N/Nc2nnc(-c3ccccc3)c(=O)[nH]2)ccc1OCc1ccccc1. The molecule has 0 fully saturated rings. The number of hydrogen-bond donors (Lipinski definition) is 2. The smallest absolute Gasteiger partial charge is 0.279 e. The molecule has 0 saturated carbocycles. The Hall–Kier alpha value is -4.46. The lowest BCUT2D eigenvalue weighted by atomic mass is 10.2. The summed E-state index contributed by atoms with van der Waals surface area (Å²) in [5.74, 6) is 1.42. The number of hydrazone groups is 1. The van der Waals surface area contributed by atoms with Crippen LogP contribution >= 0.6 is 0 Å². The Morgan fingerprint density at radius 1 is 0.939 bits per heavy atom. The van der Waals surface area contributed by atoms with E-state index in [4.69, 9.17) is 9.47 Å². The molecule has 0 aliphatic carbocycles. The van der Waals surface area contributed by atoms with Crippen molar-refractivity contribution in [1.29, 1.82) is 0 Å². The van der Waals surface area contributed by atoms with Gasteiger partial charge in [-0.25, -0.2) is 5.43 Å². The van der Waals surface area contributed by atoms with Crippen molar-refractivity contribution >= 4 is 12.2 Å². The zero-order valence-electron chi connectivity index (χ0n) is 18.1. The quantitative estimate of drug-likeness (QED) is 0.297. The van der Waals surface area contributed by atoms with E-state index >= 15 is 0 Å². The summed E-state index contributed by atoms with van der Waals surface area (Å²) in [6.07, 6.45) is 1.59. The van der Waals surface area contributed by atoms with E-state index in [9.17, 15) is 4.79 Å². The Bertz CT molecular complexity index is 1270. The van der Waals surface area contributed by atoms with Gasteiger partial charge in [0.1, 0.15) is 6.61 Å². The van der Waals surface area contributed by atoms with Crippen LogP contribution in [0.4, 0.5) is 5.95 Å². The summed E-state index contributed by atoms with van der Waals surface area (Å²) in [4.78, 5) is 14.9. The predicted octanol–water partition coefficient (Wildman–Crippen LogP) is 4.26. The average molecular weight is 441 g/mol. The molecule has 4 aromatic rings. The van der Waals surface area contributed by atoms with Crippen LogP contribution in [0.1, 0.15) is 18.1 Å². The van der Waals surface area contributed by atoms with E-state index in [1.807, 2.05) is 73.7 Å². The van der Waals surface area contributed by atoms with Gasteiger partial charge in [-0.1, -0.05) is 60.7 Å². The maximum atomic E-state index is 12.3. The minimum atomic E-state index is -0.354. The van der Waals surface area contributed by atoms with Gasteiger partial charge >= 0.3 is 0 Å². The molecule has 0 amide bonds. The van der Waals surface area contributed by atoms with E-state index in [0.29, 0.717) is 30.3 Å². The molecule has 0 saturated heterocycles. The third-order valence-corrected chi connectivity index (χ3v) is 4.63. The summed E-state index contributed by atoms with van der Waals surface area (Å²) in [6.45, 7) is 2.86. The summed E-state index contributed by atoms with van der Waals surface area (Å²) in [7, 11) is 0. The van der Waals surface area contributed by atoms with Crippen molar-refractivity contribution in [2.45, 2.75) is 13.5 Å². The summed E-state index contributed by atoms with van der Waals surface area (Å²) < 4.78 is 11.6. The Morgan fingerprint density at radius 2 is 1.70 bits per heavy atom. The van der Waals surface area contributed by atoms with E-state index in [1.54, 1.807) is 18.3 Å². The zero-order chi connectivity index (χ0) is 22.9. The largest absolute Gasteiger partial charge is 0.490 e. The van der Waals surface area contributed by atoms with Crippen LogP contribution in [0.5, 0.6) is 11.5 Å². The van der Waals surface area contributed by atoms with Crippen LogP contribution in [0.2, 0.25) is 0 Å².